The van der Waals surface area contributed by atoms with E-state index in [9.17, 15) is 13.2 Å². The lowest BCUT2D eigenvalue weighted by molar-refractivity contribution is 0.102. The van der Waals surface area contributed by atoms with Crippen LogP contribution in [0.3, 0.4) is 0 Å². The summed E-state index contributed by atoms with van der Waals surface area (Å²) in [7, 11) is -2.39. The lowest BCUT2D eigenvalue weighted by Gasteiger charge is -2.23. The molecule has 0 atom stereocenters. The summed E-state index contributed by atoms with van der Waals surface area (Å²) in [5, 5.41) is 7.64. The molecule has 1 amide bonds. The van der Waals surface area contributed by atoms with Crippen LogP contribution in [-0.4, -0.2) is 31.2 Å². The van der Waals surface area contributed by atoms with E-state index in [1.165, 1.54) is 25.2 Å². The van der Waals surface area contributed by atoms with Crippen molar-refractivity contribution in [1.82, 2.24) is 14.5 Å². The molecule has 0 bridgehead atoms. The summed E-state index contributed by atoms with van der Waals surface area (Å²) < 4.78 is 28.1. The number of hydrogen-bond acceptors (Lipinski definition) is 4. The SMILES string of the molecule is CNS(=O)(=O)c1ccc(Cl)c(C(=O)Nc2cc(C(C)(C)C)nn2C(C)(C)C)c1. The summed E-state index contributed by atoms with van der Waals surface area (Å²) in [5.74, 6) is 0.00406. The average Bonchev–Trinajstić information content (AvgIpc) is 2.99. The number of hydrogen-bond donors (Lipinski definition) is 2. The molecule has 0 unspecified atom stereocenters. The van der Waals surface area contributed by atoms with Gasteiger partial charge in [0.05, 0.1) is 26.7 Å². The maximum Gasteiger partial charge on any atom is 0.258 e. The van der Waals surface area contributed by atoms with E-state index in [1.807, 2.05) is 47.6 Å². The van der Waals surface area contributed by atoms with Crippen molar-refractivity contribution in [3.05, 3.63) is 40.5 Å². The number of benzene rings is 1. The third kappa shape index (κ3) is 4.74. The van der Waals surface area contributed by atoms with Gasteiger partial charge in [-0.1, -0.05) is 32.4 Å². The average molecular weight is 427 g/mol. The van der Waals surface area contributed by atoms with Gasteiger partial charge in [0.2, 0.25) is 10.0 Å². The predicted molar refractivity (Wildman–Crippen MR) is 112 cm³/mol. The first-order valence-corrected chi connectivity index (χ1v) is 10.7. The molecule has 0 saturated carbocycles. The Hall–Kier alpha value is -1.90. The first kappa shape index (κ1) is 22.4. The number of carbonyl (C=O) groups is 1. The van der Waals surface area contributed by atoms with Gasteiger partial charge >= 0.3 is 0 Å². The van der Waals surface area contributed by atoms with Gasteiger partial charge in [-0.2, -0.15) is 5.10 Å². The lowest BCUT2D eigenvalue weighted by atomic mass is 9.92. The van der Waals surface area contributed by atoms with E-state index in [0.717, 1.165) is 5.69 Å². The van der Waals surface area contributed by atoms with Crippen LogP contribution in [-0.2, 0) is 21.0 Å². The molecule has 2 N–H and O–H groups in total. The minimum absolute atomic E-state index is 0.0377. The van der Waals surface area contributed by atoms with Crippen molar-refractivity contribution in [2.45, 2.75) is 57.4 Å². The van der Waals surface area contributed by atoms with Crippen LogP contribution in [0.4, 0.5) is 5.82 Å². The Morgan fingerprint density at radius 1 is 1.11 bits per heavy atom. The zero-order valence-electron chi connectivity index (χ0n) is 17.2. The zero-order valence-corrected chi connectivity index (χ0v) is 18.8. The Kier molecular flexibility index (Phi) is 5.99. The standard InChI is InChI=1S/C19H27ClN4O3S/c1-18(2,3)15-11-16(24(23-15)19(4,5)6)22-17(25)13-10-12(8-9-14(13)20)28(26,27)21-7/h8-11,21H,1-7H3,(H,22,25). The molecule has 2 rings (SSSR count). The first-order chi connectivity index (χ1) is 12.7. The largest absolute Gasteiger partial charge is 0.307 e. The highest BCUT2D eigenvalue weighted by Crippen LogP contribution is 2.29. The third-order valence-corrected chi connectivity index (χ3v) is 5.86. The summed E-state index contributed by atoms with van der Waals surface area (Å²) in [6.07, 6.45) is 0. The Morgan fingerprint density at radius 2 is 1.71 bits per heavy atom. The molecule has 0 saturated heterocycles. The van der Waals surface area contributed by atoms with E-state index in [0.29, 0.717) is 5.82 Å². The van der Waals surface area contributed by atoms with E-state index in [-0.39, 0.29) is 26.4 Å². The van der Waals surface area contributed by atoms with Gasteiger partial charge in [0, 0.05) is 11.5 Å². The van der Waals surface area contributed by atoms with E-state index in [2.05, 4.69) is 15.1 Å². The van der Waals surface area contributed by atoms with Crippen LogP contribution >= 0.6 is 11.6 Å². The summed E-state index contributed by atoms with van der Waals surface area (Å²) in [4.78, 5) is 12.9. The van der Waals surface area contributed by atoms with Crippen LogP contribution in [0.2, 0.25) is 5.02 Å². The number of rotatable bonds is 4. The molecule has 1 aromatic heterocycles. The van der Waals surface area contributed by atoms with Crippen molar-refractivity contribution in [3.63, 3.8) is 0 Å². The minimum Gasteiger partial charge on any atom is -0.307 e. The molecule has 1 aromatic carbocycles. The Balaban J connectivity index is 2.49. The molecule has 0 aliphatic carbocycles. The molecule has 0 fully saturated rings. The summed E-state index contributed by atoms with van der Waals surface area (Å²) in [6, 6.07) is 5.82. The predicted octanol–water partition coefficient (Wildman–Crippen LogP) is 3.75. The van der Waals surface area contributed by atoms with Crippen molar-refractivity contribution in [3.8, 4) is 0 Å². The Morgan fingerprint density at radius 3 is 2.21 bits per heavy atom. The van der Waals surface area contributed by atoms with Gasteiger partial charge in [-0.15, -0.1) is 0 Å². The van der Waals surface area contributed by atoms with Crippen LogP contribution in [0.1, 0.15) is 57.6 Å². The Labute approximate surface area is 171 Å². The molecule has 7 nitrogen and oxygen atoms in total. The normalized spacial score (nSPS) is 12.9. The van der Waals surface area contributed by atoms with Crippen LogP contribution < -0.4 is 10.0 Å². The molecular weight excluding hydrogens is 400 g/mol. The molecule has 154 valence electrons. The molecule has 28 heavy (non-hydrogen) atoms. The molecule has 9 heteroatoms. The van der Waals surface area contributed by atoms with Gasteiger partial charge in [-0.25, -0.2) is 17.8 Å². The Bertz CT molecular complexity index is 999. The molecule has 0 aliphatic heterocycles. The van der Waals surface area contributed by atoms with Crippen molar-refractivity contribution < 1.29 is 13.2 Å². The zero-order chi connectivity index (χ0) is 21.5. The number of halogens is 1. The maximum atomic E-state index is 12.9. The fraction of sp³-hybridized carbons (Fsp3) is 0.474. The van der Waals surface area contributed by atoms with Crippen LogP contribution in [0.15, 0.2) is 29.2 Å². The fourth-order valence-corrected chi connectivity index (χ4v) is 3.45. The van der Waals surface area contributed by atoms with Gasteiger partial charge in [0.15, 0.2) is 0 Å². The van der Waals surface area contributed by atoms with Gasteiger partial charge in [0.1, 0.15) is 5.82 Å². The molecule has 0 spiro atoms. The number of amides is 1. The number of nitrogens with zero attached hydrogens (tertiary/aromatic N) is 2. The molecular formula is C19H27ClN4O3S. The second-order valence-corrected chi connectivity index (χ2v) is 10.8. The second kappa shape index (κ2) is 7.50. The summed E-state index contributed by atoms with van der Waals surface area (Å²) in [5.41, 5.74) is 0.328. The van der Waals surface area contributed by atoms with Gasteiger partial charge < -0.3 is 5.32 Å². The van der Waals surface area contributed by atoms with Gasteiger partial charge in [-0.3, -0.25) is 4.79 Å². The number of carbonyl (C=O) groups excluding carboxylic acids is 1. The van der Waals surface area contributed by atoms with E-state index < -0.39 is 15.9 Å². The van der Waals surface area contributed by atoms with Crippen LogP contribution in [0.25, 0.3) is 0 Å². The molecule has 1 heterocycles. The maximum absolute atomic E-state index is 12.9. The first-order valence-electron chi connectivity index (χ1n) is 8.82. The van der Waals surface area contributed by atoms with Crippen molar-refractivity contribution in [2.75, 3.05) is 12.4 Å². The number of aromatic nitrogens is 2. The summed E-state index contributed by atoms with van der Waals surface area (Å²) in [6.45, 7) is 12.1. The van der Waals surface area contributed by atoms with Crippen LogP contribution in [0, 0.1) is 0 Å². The fourth-order valence-electron chi connectivity index (χ4n) is 2.50. The highest BCUT2D eigenvalue weighted by Gasteiger charge is 2.26. The highest BCUT2D eigenvalue weighted by atomic mass is 35.5. The van der Waals surface area contributed by atoms with E-state index in [4.69, 9.17) is 11.6 Å². The molecule has 0 aliphatic rings. The number of nitrogens with one attached hydrogen (secondary N) is 2. The van der Waals surface area contributed by atoms with E-state index >= 15 is 0 Å². The number of sulfonamides is 1. The third-order valence-electron chi connectivity index (χ3n) is 4.12. The number of anilines is 1. The second-order valence-electron chi connectivity index (χ2n) is 8.55. The van der Waals surface area contributed by atoms with Gasteiger partial charge in [-0.05, 0) is 46.0 Å². The lowest BCUT2D eigenvalue weighted by Crippen LogP contribution is -2.27. The van der Waals surface area contributed by atoms with Gasteiger partial charge in [0.25, 0.3) is 5.91 Å². The van der Waals surface area contributed by atoms with Crippen molar-refractivity contribution in [1.29, 1.82) is 0 Å². The van der Waals surface area contributed by atoms with Crippen molar-refractivity contribution >= 4 is 33.3 Å². The van der Waals surface area contributed by atoms with Crippen molar-refractivity contribution in [2.24, 2.45) is 0 Å². The monoisotopic (exact) mass is 426 g/mol. The topological polar surface area (TPSA) is 93.1 Å². The summed E-state index contributed by atoms with van der Waals surface area (Å²) >= 11 is 6.16. The smallest absolute Gasteiger partial charge is 0.258 e. The van der Waals surface area contributed by atoms with E-state index in [1.54, 1.807) is 4.68 Å². The quantitative estimate of drug-likeness (QED) is 0.778. The van der Waals surface area contributed by atoms with Crippen LogP contribution in [0.5, 0.6) is 0 Å². The minimum atomic E-state index is -3.70. The molecule has 0 radical (unpaired) electrons. The highest BCUT2D eigenvalue weighted by molar-refractivity contribution is 7.89. The molecule has 2 aromatic rings.